The van der Waals surface area contributed by atoms with Crippen LogP contribution in [0.15, 0.2) is 36.4 Å². The molecule has 0 radical (unpaired) electrons. The van der Waals surface area contributed by atoms with Crippen LogP contribution in [0.5, 0.6) is 5.75 Å². The number of nitrogens with zero attached hydrogens (tertiary/aromatic N) is 1. The predicted octanol–water partition coefficient (Wildman–Crippen LogP) is 2.33. The maximum atomic E-state index is 12.7. The third-order valence-electron chi connectivity index (χ3n) is 7.21. The molecular weight excluding hydrogens is 434 g/mol. The summed E-state index contributed by atoms with van der Waals surface area (Å²) in [6, 6.07) is 11.5. The number of nitrogens with one attached hydrogen (secondary N) is 2. The molecule has 178 valence electrons. The molecule has 0 aliphatic carbocycles. The van der Waals surface area contributed by atoms with Crippen LogP contribution in [-0.2, 0) is 37.4 Å². The number of rotatable bonds is 5. The molecule has 3 heterocycles. The Bertz CT molecular complexity index is 1120. The molecule has 8 heteroatoms. The van der Waals surface area contributed by atoms with Gasteiger partial charge in [0.25, 0.3) is 0 Å². The normalized spacial score (nSPS) is 18.3. The molecule has 2 aromatic rings. The first-order valence-corrected chi connectivity index (χ1v) is 11.8. The Balaban J connectivity index is 1.27. The number of benzene rings is 2. The van der Waals surface area contributed by atoms with Crippen molar-refractivity contribution >= 4 is 29.1 Å². The van der Waals surface area contributed by atoms with Crippen LogP contribution in [0.25, 0.3) is 0 Å². The fourth-order valence-electron chi connectivity index (χ4n) is 5.34. The van der Waals surface area contributed by atoms with Gasteiger partial charge < -0.3 is 25.0 Å². The first-order valence-electron chi connectivity index (χ1n) is 11.8. The van der Waals surface area contributed by atoms with Crippen LogP contribution in [0.4, 0.5) is 11.4 Å². The van der Waals surface area contributed by atoms with E-state index in [1.165, 1.54) is 0 Å². The van der Waals surface area contributed by atoms with E-state index in [0.717, 1.165) is 60.4 Å². The van der Waals surface area contributed by atoms with Crippen molar-refractivity contribution < 1.29 is 23.9 Å². The van der Waals surface area contributed by atoms with Crippen molar-refractivity contribution in [3.8, 4) is 5.75 Å². The standard InChI is InChI=1S/C26H29N3O5/c1-33-21-6-4-19(5-7-21)26(8-11-34-12-9-26)16-27-24(31)25(32)28-20-13-17-3-2-10-29-22(30)15-18(14-20)23(17)29/h4-7,13-14H,2-3,8-12,15-16H2,1H3,(H,27,31)(H,28,32). The first-order chi connectivity index (χ1) is 16.5. The molecular formula is C26H29N3O5. The zero-order valence-electron chi connectivity index (χ0n) is 19.3. The number of methoxy groups -OCH3 is 1. The fourth-order valence-corrected chi connectivity index (χ4v) is 5.34. The lowest BCUT2D eigenvalue weighted by atomic mass is 9.74. The SMILES string of the molecule is COc1ccc(C2(CNC(=O)C(=O)Nc3cc4c5c(c3)CC(=O)N5CCC4)CCOCC2)cc1. The molecule has 5 rings (SSSR count). The highest BCUT2D eigenvalue weighted by Gasteiger charge is 2.36. The largest absolute Gasteiger partial charge is 0.497 e. The molecule has 0 aromatic heterocycles. The van der Waals surface area contributed by atoms with Gasteiger partial charge >= 0.3 is 11.8 Å². The van der Waals surface area contributed by atoms with E-state index in [2.05, 4.69) is 10.6 Å². The van der Waals surface area contributed by atoms with Gasteiger partial charge in [0, 0.05) is 37.4 Å². The van der Waals surface area contributed by atoms with Crippen LogP contribution in [0.2, 0.25) is 0 Å². The van der Waals surface area contributed by atoms with Gasteiger partial charge in [-0.2, -0.15) is 0 Å². The van der Waals surface area contributed by atoms with Crippen molar-refractivity contribution in [2.45, 2.75) is 37.5 Å². The third kappa shape index (κ3) is 4.14. The van der Waals surface area contributed by atoms with Crippen LogP contribution in [0, 0.1) is 0 Å². The van der Waals surface area contributed by atoms with Crippen LogP contribution in [0.3, 0.4) is 0 Å². The zero-order valence-corrected chi connectivity index (χ0v) is 19.3. The smallest absolute Gasteiger partial charge is 0.313 e. The maximum absolute atomic E-state index is 12.7. The van der Waals surface area contributed by atoms with Crippen LogP contribution < -0.4 is 20.3 Å². The molecule has 3 aliphatic heterocycles. The molecule has 0 atom stereocenters. The lowest BCUT2D eigenvalue weighted by Crippen LogP contribution is -2.47. The summed E-state index contributed by atoms with van der Waals surface area (Å²) >= 11 is 0. The van der Waals surface area contributed by atoms with Gasteiger partial charge in [0.1, 0.15) is 5.75 Å². The van der Waals surface area contributed by atoms with Crippen LogP contribution in [-0.4, -0.2) is 51.1 Å². The van der Waals surface area contributed by atoms with Gasteiger partial charge in [0.05, 0.1) is 19.2 Å². The molecule has 0 unspecified atom stereocenters. The average molecular weight is 464 g/mol. The molecule has 1 saturated heterocycles. The summed E-state index contributed by atoms with van der Waals surface area (Å²) in [5.74, 6) is -0.516. The first kappa shape index (κ1) is 22.4. The van der Waals surface area contributed by atoms with E-state index in [0.29, 0.717) is 31.9 Å². The summed E-state index contributed by atoms with van der Waals surface area (Å²) in [5.41, 5.74) is 4.29. The van der Waals surface area contributed by atoms with Gasteiger partial charge in [-0.1, -0.05) is 12.1 Å². The summed E-state index contributed by atoms with van der Waals surface area (Å²) in [6.07, 6.45) is 3.59. The fraction of sp³-hybridized carbons (Fsp3) is 0.423. The zero-order chi connectivity index (χ0) is 23.7. The number of carbonyl (C=O) groups is 3. The highest BCUT2D eigenvalue weighted by Crippen LogP contribution is 2.39. The van der Waals surface area contributed by atoms with Crippen molar-refractivity contribution in [2.75, 3.05) is 43.6 Å². The second-order valence-corrected chi connectivity index (χ2v) is 9.23. The molecule has 2 N–H and O–H groups in total. The number of amides is 3. The summed E-state index contributed by atoms with van der Waals surface area (Å²) in [6.45, 7) is 2.28. The number of anilines is 2. The van der Waals surface area contributed by atoms with E-state index in [4.69, 9.17) is 9.47 Å². The van der Waals surface area contributed by atoms with Crippen LogP contribution >= 0.6 is 0 Å². The third-order valence-corrected chi connectivity index (χ3v) is 7.21. The molecule has 34 heavy (non-hydrogen) atoms. The van der Waals surface area contributed by atoms with Gasteiger partial charge in [-0.25, -0.2) is 0 Å². The topological polar surface area (TPSA) is 97.0 Å². The molecule has 0 spiro atoms. The summed E-state index contributed by atoms with van der Waals surface area (Å²) in [4.78, 5) is 39.5. The molecule has 8 nitrogen and oxygen atoms in total. The Morgan fingerprint density at radius 3 is 2.56 bits per heavy atom. The predicted molar refractivity (Wildman–Crippen MR) is 127 cm³/mol. The van der Waals surface area contributed by atoms with Crippen molar-refractivity contribution in [3.63, 3.8) is 0 Å². The Labute approximate surface area is 198 Å². The maximum Gasteiger partial charge on any atom is 0.313 e. The lowest BCUT2D eigenvalue weighted by molar-refractivity contribution is -0.136. The van der Waals surface area contributed by atoms with Gasteiger partial charge in [-0.05, 0) is 66.6 Å². The van der Waals surface area contributed by atoms with Crippen molar-refractivity contribution in [1.29, 1.82) is 0 Å². The Kier molecular flexibility index (Phi) is 6.00. The molecule has 0 saturated carbocycles. The van der Waals surface area contributed by atoms with Gasteiger partial charge in [-0.3, -0.25) is 14.4 Å². The van der Waals surface area contributed by atoms with Gasteiger partial charge in [0.15, 0.2) is 0 Å². The van der Waals surface area contributed by atoms with E-state index in [1.807, 2.05) is 41.3 Å². The average Bonchev–Trinajstić information content (AvgIpc) is 3.19. The highest BCUT2D eigenvalue weighted by molar-refractivity contribution is 6.39. The second kappa shape index (κ2) is 9.10. The van der Waals surface area contributed by atoms with Gasteiger partial charge in [0.2, 0.25) is 5.91 Å². The summed E-state index contributed by atoms with van der Waals surface area (Å²) < 4.78 is 10.8. The van der Waals surface area contributed by atoms with Crippen molar-refractivity contribution in [2.24, 2.45) is 0 Å². The number of hydrogen-bond acceptors (Lipinski definition) is 5. The number of carbonyl (C=O) groups excluding carboxylic acids is 3. The number of hydrogen-bond donors (Lipinski definition) is 2. The van der Waals surface area contributed by atoms with E-state index in [1.54, 1.807) is 7.11 Å². The number of aryl methyl sites for hydroxylation is 1. The summed E-state index contributed by atoms with van der Waals surface area (Å²) in [7, 11) is 1.63. The Hall–Kier alpha value is -3.39. The molecule has 3 amide bonds. The van der Waals surface area contributed by atoms with Crippen molar-refractivity contribution in [3.05, 3.63) is 53.1 Å². The second-order valence-electron chi connectivity index (χ2n) is 9.23. The van der Waals surface area contributed by atoms with Crippen LogP contribution in [0.1, 0.15) is 36.0 Å². The van der Waals surface area contributed by atoms with E-state index in [-0.39, 0.29) is 11.3 Å². The van der Waals surface area contributed by atoms with E-state index >= 15 is 0 Å². The minimum absolute atomic E-state index is 0.0949. The molecule has 0 bridgehead atoms. The highest BCUT2D eigenvalue weighted by atomic mass is 16.5. The Morgan fingerprint density at radius 1 is 1.09 bits per heavy atom. The molecule has 1 fully saturated rings. The monoisotopic (exact) mass is 463 g/mol. The molecule has 2 aromatic carbocycles. The van der Waals surface area contributed by atoms with Crippen molar-refractivity contribution in [1.82, 2.24) is 5.32 Å². The van der Waals surface area contributed by atoms with E-state index < -0.39 is 11.8 Å². The lowest BCUT2D eigenvalue weighted by Gasteiger charge is -2.38. The summed E-state index contributed by atoms with van der Waals surface area (Å²) in [5, 5.41) is 5.58. The minimum Gasteiger partial charge on any atom is -0.497 e. The quantitative estimate of drug-likeness (QED) is 0.664. The van der Waals surface area contributed by atoms with Gasteiger partial charge in [-0.15, -0.1) is 0 Å². The number of ether oxygens (including phenoxy) is 2. The van der Waals surface area contributed by atoms with E-state index in [9.17, 15) is 14.4 Å². The Morgan fingerprint density at radius 2 is 1.82 bits per heavy atom. The molecule has 3 aliphatic rings. The minimum atomic E-state index is -0.707.